The number of rotatable bonds is 4. The first-order valence-corrected chi connectivity index (χ1v) is 5.90. The lowest BCUT2D eigenvalue weighted by Gasteiger charge is -2.24. The number of ether oxygens (including phenoxy) is 1. The fourth-order valence-electron chi connectivity index (χ4n) is 1.32. The van der Waals surface area contributed by atoms with Gasteiger partial charge in [0, 0.05) is 13.1 Å². The molecule has 0 aliphatic carbocycles. The Hall–Kier alpha value is -1.95. The second-order valence-electron chi connectivity index (χ2n) is 4.93. The number of hydrogen-bond donors (Lipinski definition) is 2. The van der Waals surface area contributed by atoms with E-state index in [2.05, 4.69) is 9.98 Å². The number of carbonyl (C=O) groups excluding carboxylic acids is 1. The van der Waals surface area contributed by atoms with Crippen LogP contribution in [0.4, 0.5) is 5.82 Å². The molecule has 1 heterocycles. The molecule has 0 aromatic carbocycles. The van der Waals surface area contributed by atoms with Gasteiger partial charge in [-0.05, 0) is 32.4 Å². The van der Waals surface area contributed by atoms with Crippen LogP contribution in [0.2, 0.25) is 0 Å². The minimum Gasteiger partial charge on any atom is -0.465 e. The molecular weight excluding hydrogens is 246 g/mol. The van der Waals surface area contributed by atoms with E-state index in [4.69, 9.17) is 4.74 Å². The van der Waals surface area contributed by atoms with Crippen molar-refractivity contribution in [1.82, 2.24) is 10.5 Å². The fourth-order valence-corrected chi connectivity index (χ4v) is 1.32. The number of nitrogens with zero attached hydrogens (tertiary/aromatic N) is 2. The summed E-state index contributed by atoms with van der Waals surface area (Å²) in [6.45, 7) is 6.97. The maximum Gasteiger partial charge on any atom is 0.302 e. The lowest BCUT2D eigenvalue weighted by molar-refractivity contribution is -0.142. The average Bonchev–Trinajstić information content (AvgIpc) is 2.35. The van der Waals surface area contributed by atoms with E-state index in [1.807, 2.05) is 18.5 Å². The summed E-state index contributed by atoms with van der Waals surface area (Å²) in [5.74, 6) is 0.377. The number of carbonyl (C=O) groups is 1. The molecule has 6 heteroatoms. The standard InChI is InChI=1S/C13H19N3O3/c1-9-5-6-11(14-7-9)15-12(16-18)13(3,4)8-19-10(2)17/h5-7,18H,8H2,1-4H3,(H,14,15,16). The van der Waals surface area contributed by atoms with Crippen LogP contribution in [0.3, 0.4) is 0 Å². The zero-order valence-electron chi connectivity index (χ0n) is 11.6. The van der Waals surface area contributed by atoms with Crippen molar-refractivity contribution in [2.24, 2.45) is 10.4 Å². The molecule has 0 saturated heterocycles. The van der Waals surface area contributed by atoms with Crippen molar-refractivity contribution in [3.8, 4) is 0 Å². The van der Waals surface area contributed by atoms with E-state index in [9.17, 15) is 10.0 Å². The van der Waals surface area contributed by atoms with Crippen LogP contribution >= 0.6 is 0 Å². The Morgan fingerprint density at radius 2 is 2.21 bits per heavy atom. The maximum absolute atomic E-state index is 10.8. The van der Waals surface area contributed by atoms with E-state index in [1.54, 1.807) is 26.1 Å². The molecule has 0 unspecified atom stereocenters. The predicted octanol–water partition coefficient (Wildman–Crippen LogP) is 1.99. The van der Waals surface area contributed by atoms with Gasteiger partial charge in [-0.25, -0.2) is 9.98 Å². The molecule has 0 aliphatic heterocycles. The van der Waals surface area contributed by atoms with Gasteiger partial charge in [-0.2, -0.15) is 0 Å². The second-order valence-corrected chi connectivity index (χ2v) is 4.93. The molecule has 1 aromatic heterocycles. The highest BCUT2D eigenvalue weighted by Crippen LogP contribution is 2.20. The van der Waals surface area contributed by atoms with Gasteiger partial charge in [0.25, 0.3) is 0 Å². The highest BCUT2D eigenvalue weighted by atomic mass is 16.5. The number of nitrogens with one attached hydrogen (secondary N) is 1. The van der Waals surface area contributed by atoms with Crippen LogP contribution in [0.1, 0.15) is 26.3 Å². The third-order valence-electron chi connectivity index (χ3n) is 2.51. The molecule has 0 radical (unpaired) electrons. The van der Waals surface area contributed by atoms with Crippen LogP contribution in [0.15, 0.2) is 23.3 Å². The molecular formula is C13H19N3O3. The molecule has 1 aromatic rings. The monoisotopic (exact) mass is 265 g/mol. The Balaban J connectivity index is 2.91. The molecule has 0 atom stereocenters. The predicted molar refractivity (Wildman–Crippen MR) is 71.4 cm³/mol. The summed E-state index contributed by atoms with van der Waals surface area (Å²) < 4.78 is 4.96. The van der Waals surface area contributed by atoms with Gasteiger partial charge in [0.2, 0.25) is 0 Å². The molecule has 6 nitrogen and oxygen atoms in total. The summed E-state index contributed by atoms with van der Waals surface area (Å²) in [6, 6.07) is 3.62. The molecule has 2 N–H and O–H groups in total. The summed E-state index contributed by atoms with van der Waals surface area (Å²) in [7, 11) is 0. The summed E-state index contributed by atoms with van der Waals surface area (Å²) >= 11 is 0. The van der Waals surface area contributed by atoms with Crippen LogP contribution < -0.4 is 5.48 Å². The third-order valence-corrected chi connectivity index (χ3v) is 2.51. The molecule has 0 spiro atoms. The van der Waals surface area contributed by atoms with Gasteiger partial charge in [-0.15, -0.1) is 0 Å². The van der Waals surface area contributed by atoms with Gasteiger partial charge >= 0.3 is 5.97 Å². The van der Waals surface area contributed by atoms with Crippen molar-refractivity contribution < 1.29 is 14.7 Å². The lowest BCUT2D eigenvalue weighted by Crippen LogP contribution is -2.39. The van der Waals surface area contributed by atoms with Crippen molar-refractivity contribution in [3.05, 3.63) is 23.9 Å². The molecule has 104 valence electrons. The van der Waals surface area contributed by atoms with Gasteiger partial charge in [-0.3, -0.25) is 15.5 Å². The van der Waals surface area contributed by atoms with Gasteiger partial charge in [-0.1, -0.05) is 6.07 Å². The molecule has 0 saturated carbocycles. The van der Waals surface area contributed by atoms with Crippen molar-refractivity contribution in [3.63, 3.8) is 0 Å². The molecule has 0 amide bonds. The molecule has 1 rings (SSSR count). The number of amidine groups is 1. The Morgan fingerprint density at radius 3 is 2.68 bits per heavy atom. The minimum absolute atomic E-state index is 0.112. The van der Waals surface area contributed by atoms with Crippen LogP contribution in [0, 0.1) is 12.3 Å². The van der Waals surface area contributed by atoms with Gasteiger partial charge in [0.05, 0.1) is 5.41 Å². The van der Waals surface area contributed by atoms with E-state index >= 15 is 0 Å². The Labute approximate surface area is 112 Å². The van der Waals surface area contributed by atoms with E-state index in [-0.39, 0.29) is 18.4 Å². The summed E-state index contributed by atoms with van der Waals surface area (Å²) in [5, 5.41) is 9.19. The SMILES string of the molecule is CC(=O)OCC(C)(C)C(=Nc1ccc(C)cn1)NO. The normalized spacial score (nSPS) is 12.2. The Morgan fingerprint density at radius 1 is 1.53 bits per heavy atom. The van der Waals surface area contributed by atoms with Crippen LogP contribution in [-0.4, -0.2) is 28.6 Å². The largest absolute Gasteiger partial charge is 0.465 e. The molecule has 0 fully saturated rings. The van der Waals surface area contributed by atoms with E-state index in [1.165, 1.54) is 6.92 Å². The number of esters is 1. The van der Waals surface area contributed by atoms with Crippen molar-refractivity contribution >= 4 is 17.6 Å². The number of hydrogen-bond acceptors (Lipinski definition) is 5. The summed E-state index contributed by atoms with van der Waals surface area (Å²) in [5.41, 5.74) is 2.43. The Kier molecular flexibility index (Phi) is 5.00. The number of hydroxylamine groups is 1. The minimum atomic E-state index is -0.646. The molecule has 19 heavy (non-hydrogen) atoms. The number of aromatic nitrogens is 1. The zero-order chi connectivity index (χ0) is 14.5. The number of aryl methyl sites for hydroxylation is 1. The van der Waals surface area contributed by atoms with Crippen molar-refractivity contribution in [2.75, 3.05) is 6.61 Å². The smallest absolute Gasteiger partial charge is 0.302 e. The number of aliphatic imine (C=N–C) groups is 1. The van der Waals surface area contributed by atoms with E-state index in [0.717, 1.165) is 5.56 Å². The first-order valence-electron chi connectivity index (χ1n) is 5.90. The highest BCUT2D eigenvalue weighted by Gasteiger charge is 2.27. The van der Waals surface area contributed by atoms with E-state index < -0.39 is 5.41 Å². The lowest BCUT2D eigenvalue weighted by atomic mass is 9.93. The summed E-state index contributed by atoms with van der Waals surface area (Å²) in [6.07, 6.45) is 1.69. The van der Waals surface area contributed by atoms with Gasteiger partial charge in [0.1, 0.15) is 12.4 Å². The van der Waals surface area contributed by atoms with Crippen molar-refractivity contribution in [2.45, 2.75) is 27.7 Å². The van der Waals surface area contributed by atoms with Crippen LogP contribution in [-0.2, 0) is 9.53 Å². The summed E-state index contributed by atoms with van der Waals surface area (Å²) in [4.78, 5) is 19.2. The first kappa shape index (κ1) is 15.1. The van der Waals surface area contributed by atoms with E-state index in [0.29, 0.717) is 5.82 Å². The third kappa shape index (κ3) is 4.67. The first-order chi connectivity index (χ1) is 8.85. The van der Waals surface area contributed by atoms with Gasteiger partial charge in [0.15, 0.2) is 5.82 Å². The molecule has 0 bridgehead atoms. The van der Waals surface area contributed by atoms with Crippen LogP contribution in [0.5, 0.6) is 0 Å². The number of pyridine rings is 1. The second kappa shape index (κ2) is 6.29. The van der Waals surface area contributed by atoms with Crippen molar-refractivity contribution in [1.29, 1.82) is 0 Å². The topological polar surface area (TPSA) is 83.8 Å². The maximum atomic E-state index is 10.8. The molecule has 0 aliphatic rings. The average molecular weight is 265 g/mol. The fraction of sp³-hybridized carbons (Fsp3) is 0.462. The van der Waals surface area contributed by atoms with Gasteiger partial charge < -0.3 is 4.74 Å². The Bertz CT molecular complexity index is 467. The highest BCUT2D eigenvalue weighted by molar-refractivity contribution is 5.88. The van der Waals surface area contributed by atoms with Crippen LogP contribution in [0.25, 0.3) is 0 Å². The zero-order valence-corrected chi connectivity index (χ0v) is 11.6. The quantitative estimate of drug-likeness (QED) is 0.376.